The number of carbonyl (C=O) groups is 2. The average molecular weight is 486 g/mol. The zero-order chi connectivity index (χ0) is 25.4. The maximum absolute atomic E-state index is 12.8. The predicted molar refractivity (Wildman–Crippen MR) is 135 cm³/mol. The van der Waals surface area contributed by atoms with E-state index in [1.807, 2.05) is 23.1 Å². The van der Waals surface area contributed by atoms with E-state index in [-0.39, 0.29) is 17.0 Å². The van der Waals surface area contributed by atoms with Crippen LogP contribution in [0.15, 0.2) is 60.7 Å². The van der Waals surface area contributed by atoms with Gasteiger partial charge in [0.2, 0.25) is 0 Å². The topological polar surface area (TPSA) is 135 Å². The van der Waals surface area contributed by atoms with Crippen molar-refractivity contribution in [3.8, 4) is 17.0 Å². The number of likely N-dealkylation sites (tertiary alicyclic amines) is 1. The number of phenols is 1. The molecule has 1 atom stereocenters. The Labute approximate surface area is 207 Å². The molecule has 9 nitrogen and oxygen atoms in total. The number of rotatable bonds is 6. The highest BCUT2D eigenvalue weighted by molar-refractivity contribution is 6.04. The fourth-order valence-corrected chi connectivity index (χ4v) is 5.09. The number of aryl methyl sites for hydroxylation is 1. The van der Waals surface area contributed by atoms with Crippen molar-refractivity contribution in [2.45, 2.75) is 31.8 Å². The number of carboxylic acid groups (broad SMARTS) is 1. The van der Waals surface area contributed by atoms with Crippen LogP contribution in [-0.2, 0) is 4.79 Å². The number of amides is 1. The lowest BCUT2D eigenvalue weighted by Gasteiger charge is -2.36. The van der Waals surface area contributed by atoms with Gasteiger partial charge in [0.1, 0.15) is 5.75 Å². The molecule has 1 amide bonds. The van der Waals surface area contributed by atoms with E-state index >= 15 is 0 Å². The Hall–Kier alpha value is -4.24. The smallest absolute Gasteiger partial charge is 0.336 e. The van der Waals surface area contributed by atoms with E-state index in [2.05, 4.69) is 17.2 Å². The SMILES string of the molecule is Cc1nn(C(C(N)=O)N2CCC(c3ccccc3)CC2)c2nc(-c3ccc(O)cc3)cc(C(=O)O)c12. The zero-order valence-corrected chi connectivity index (χ0v) is 19.8. The Morgan fingerprint density at radius 2 is 1.72 bits per heavy atom. The molecule has 4 N–H and O–H groups in total. The van der Waals surface area contributed by atoms with Crippen LogP contribution in [0.3, 0.4) is 0 Å². The van der Waals surface area contributed by atoms with Gasteiger partial charge in [0, 0.05) is 18.7 Å². The summed E-state index contributed by atoms with van der Waals surface area (Å²) in [7, 11) is 0. The first-order valence-electron chi connectivity index (χ1n) is 11.8. The van der Waals surface area contributed by atoms with Crippen LogP contribution in [0, 0.1) is 6.92 Å². The Morgan fingerprint density at radius 1 is 1.06 bits per heavy atom. The first-order valence-corrected chi connectivity index (χ1v) is 11.8. The molecule has 2 aromatic heterocycles. The molecule has 0 radical (unpaired) electrons. The molecule has 36 heavy (non-hydrogen) atoms. The molecule has 9 heteroatoms. The Bertz CT molecular complexity index is 1420. The van der Waals surface area contributed by atoms with Gasteiger partial charge in [-0.2, -0.15) is 5.10 Å². The fourth-order valence-electron chi connectivity index (χ4n) is 5.09. The molecular weight excluding hydrogens is 458 g/mol. The molecule has 2 aromatic carbocycles. The Kier molecular flexibility index (Phi) is 6.15. The number of carbonyl (C=O) groups excluding carboxylic acids is 1. The number of pyridine rings is 1. The number of hydrogen-bond donors (Lipinski definition) is 3. The molecule has 1 aliphatic heterocycles. The number of carboxylic acids is 1. The molecule has 0 saturated carbocycles. The normalized spacial score (nSPS) is 15.7. The van der Waals surface area contributed by atoms with Crippen molar-refractivity contribution in [1.82, 2.24) is 19.7 Å². The summed E-state index contributed by atoms with van der Waals surface area (Å²) in [6, 6.07) is 18.1. The van der Waals surface area contributed by atoms with E-state index in [9.17, 15) is 19.8 Å². The zero-order valence-electron chi connectivity index (χ0n) is 19.8. The summed E-state index contributed by atoms with van der Waals surface area (Å²) in [5.74, 6) is -1.22. The van der Waals surface area contributed by atoms with E-state index < -0.39 is 18.0 Å². The van der Waals surface area contributed by atoms with Crippen LogP contribution < -0.4 is 5.73 Å². The second kappa shape index (κ2) is 9.43. The number of primary amides is 1. The third-order valence-corrected chi connectivity index (χ3v) is 6.86. The van der Waals surface area contributed by atoms with E-state index in [1.165, 1.54) is 28.4 Å². The molecule has 1 unspecified atom stereocenters. The van der Waals surface area contributed by atoms with Gasteiger partial charge in [-0.1, -0.05) is 30.3 Å². The molecule has 4 aromatic rings. The van der Waals surface area contributed by atoms with Crippen LogP contribution in [0.1, 0.15) is 46.5 Å². The van der Waals surface area contributed by atoms with E-state index in [1.54, 1.807) is 19.1 Å². The number of phenolic OH excluding ortho intramolecular Hbond substituents is 1. The van der Waals surface area contributed by atoms with Gasteiger partial charge < -0.3 is 15.9 Å². The van der Waals surface area contributed by atoms with Crippen molar-refractivity contribution in [2.75, 3.05) is 13.1 Å². The van der Waals surface area contributed by atoms with Gasteiger partial charge in [0.05, 0.1) is 22.3 Å². The lowest BCUT2D eigenvalue weighted by molar-refractivity contribution is -0.127. The summed E-state index contributed by atoms with van der Waals surface area (Å²) in [6.45, 7) is 2.97. The van der Waals surface area contributed by atoms with Gasteiger partial charge >= 0.3 is 5.97 Å². The lowest BCUT2D eigenvalue weighted by Crippen LogP contribution is -2.45. The molecule has 0 spiro atoms. The third kappa shape index (κ3) is 4.29. The summed E-state index contributed by atoms with van der Waals surface area (Å²) in [6.07, 6.45) is 0.819. The van der Waals surface area contributed by atoms with Gasteiger partial charge in [-0.15, -0.1) is 0 Å². The van der Waals surface area contributed by atoms with Crippen molar-refractivity contribution in [2.24, 2.45) is 5.73 Å². The highest BCUT2D eigenvalue weighted by Gasteiger charge is 2.33. The number of benzene rings is 2. The summed E-state index contributed by atoms with van der Waals surface area (Å²) >= 11 is 0. The lowest BCUT2D eigenvalue weighted by atomic mass is 9.89. The number of nitrogens with zero attached hydrogens (tertiary/aromatic N) is 4. The molecular formula is C27H27N5O4. The number of aromatic carboxylic acids is 1. The number of aromatic nitrogens is 3. The first-order chi connectivity index (χ1) is 17.3. The van der Waals surface area contributed by atoms with Crippen molar-refractivity contribution < 1.29 is 19.8 Å². The van der Waals surface area contributed by atoms with Crippen LogP contribution in [-0.4, -0.2) is 54.8 Å². The molecule has 1 aliphatic rings. The second-order valence-electron chi connectivity index (χ2n) is 9.13. The summed E-state index contributed by atoms with van der Waals surface area (Å²) < 4.78 is 1.46. The minimum atomic E-state index is -1.12. The number of aromatic hydroxyl groups is 1. The number of nitrogens with two attached hydrogens (primary N) is 1. The molecule has 184 valence electrons. The van der Waals surface area contributed by atoms with Crippen LogP contribution in [0.5, 0.6) is 5.75 Å². The second-order valence-corrected chi connectivity index (χ2v) is 9.13. The minimum Gasteiger partial charge on any atom is -0.508 e. The minimum absolute atomic E-state index is 0.0397. The van der Waals surface area contributed by atoms with Crippen molar-refractivity contribution in [1.29, 1.82) is 0 Å². The molecule has 1 fully saturated rings. The molecule has 1 saturated heterocycles. The fraction of sp³-hybridized carbons (Fsp3) is 0.259. The molecule has 3 heterocycles. The number of piperidine rings is 1. The van der Waals surface area contributed by atoms with Gasteiger partial charge in [0.15, 0.2) is 11.8 Å². The highest BCUT2D eigenvalue weighted by Crippen LogP contribution is 2.33. The molecule has 0 aliphatic carbocycles. The van der Waals surface area contributed by atoms with Crippen LogP contribution >= 0.6 is 0 Å². The molecule has 0 bridgehead atoms. The maximum atomic E-state index is 12.8. The molecule has 5 rings (SSSR count). The van der Waals surface area contributed by atoms with E-state index in [4.69, 9.17) is 10.7 Å². The largest absolute Gasteiger partial charge is 0.508 e. The van der Waals surface area contributed by atoms with E-state index in [0.717, 1.165) is 12.8 Å². The highest BCUT2D eigenvalue weighted by atomic mass is 16.4. The summed E-state index contributed by atoms with van der Waals surface area (Å²) in [5, 5.41) is 24.5. The Morgan fingerprint density at radius 3 is 2.33 bits per heavy atom. The van der Waals surface area contributed by atoms with Crippen molar-refractivity contribution >= 4 is 22.9 Å². The van der Waals surface area contributed by atoms with Gasteiger partial charge in [0.25, 0.3) is 5.91 Å². The summed E-state index contributed by atoms with van der Waals surface area (Å²) in [5.41, 5.74) is 8.97. The number of hydrogen-bond acceptors (Lipinski definition) is 6. The van der Waals surface area contributed by atoms with Crippen LogP contribution in [0.25, 0.3) is 22.3 Å². The quantitative estimate of drug-likeness (QED) is 0.379. The van der Waals surface area contributed by atoms with Crippen LogP contribution in [0.2, 0.25) is 0 Å². The van der Waals surface area contributed by atoms with Gasteiger partial charge in [-0.25, -0.2) is 14.5 Å². The maximum Gasteiger partial charge on any atom is 0.336 e. The standard InChI is InChI=1S/C27H27N5O4/c1-16-23-21(27(35)36)15-22(19-7-9-20(33)10-8-19)29-25(23)32(30-16)26(24(28)34)31-13-11-18(12-14-31)17-5-3-2-4-6-17/h2-10,15,18,26,33H,11-14H2,1H3,(H2,28,34)(H,35,36). The predicted octanol–water partition coefficient (Wildman–Crippen LogP) is 3.67. The van der Waals surface area contributed by atoms with Gasteiger partial charge in [-0.3, -0.25) is 9.69 Å². The monoisotopic (exact) mass is 485 g/mol. The average Bonchev–Trinajstić information content (AvgIpc) is 3.20. The number of fused-ring (bicyclic) bond motifs is 1. The van der Waals surface area contributed by atoms with Gasteiger partial charge in [-0.05, 0) is 61.6 Å². The van der Waals surface area contributed by atoms with Crippen molar-refractivity contribution in [3.05, 3.63) is 77.5 Å². The van der Waals surface area contributed by atoms with Crippen molar-refractivity contribution in [3.63, 3.8) is 0 Å². The Balaban J connectivity index is 1.56. The third-order valence-electron chi connectivity index (χ3n) is 6.86. The van der Waals surface area contributed by atoms with E-state index in [0.29, 0.717) is 41.3 Å². The van der Waals surface area contributed by atoms with Crippen LogP contribution in [0.4, 0.5) is 0 Å². The first kappa shape index (κ1) is 23.5. The summed E-state index contributed by atoms with van der Waals surface area (Å²) in [4.78, 5) is 31.7.